The van der Waals surface area contributed by atoms with Gasteiger partial charge in [0.05, 0.1) is 30.9 Å². The van der Waals surface area contributed by atoms with Gasteiger partial charge >= 0.3 is 12.0 Å². The number of aliphatic hydroxyl groups excluding tert-OH is 1. The van der Waals surface area contributed by atoms with Crippen molar-refractivity contribution in [2.75, 3.05) is 11.9 Å². The Morgan fingerprint density at radius 1 is 1.29 bits per heavy atom. The van der Waals surface area contributed by atoms with Crippen LogP contribution >= 0.6 is 0 Å². The van der Waals surface area contributed by atoms with E-state index in [1.807, 2.05) is 0 Å². The van der Waals surface area contributed by atoms with Gasteiger partial charge in [-0.1, -0.05) is 0 Å². The van der Waals surface area contributed by atoms with E-state index in [1.54, 1.807) is 0 Å². The maximum absolute atomic E-state index is 13.5. The predicted octanol–water partition coefficient (Wildman–Crippen LogP) is 1.47. The molecule has 3 atom stereocenters. The molecule has 1 aromatic carbocycles. The van der Waals surface area contributed by atoms with E-state index in [0.29, 0.717) is 12.8 Å². The summed E-state index contributed by atoms with van der Waals surface area (Å²) in [6.45, 7) is -0.407. The molecule has 0 spiro atoms. The molecule has 1 aliphatic rings. The fourth-order valence-electron chi connectivity index (χ4n) is 2.56. The summed E-state index contributed by atoms with van der Waals surface area (Å²) in [6.07, 6.45) is -0.721. The molecule has 9 heteroatoms. The highest BCUT2D eigenvalue weighted by Crippen LogP contribution is 2.22. The molecular weight excluding hydrogens is 326 g/mol. The molecule has 0 radical (unpaired) electrons. The van der Waals surface area contributed by atoms with Gasteiger partial charge in [0.25, 0.3) is 0 Å². The van der Waals surface area contributed by atoms with Crippen LogP contribution in [0.2, 0.25) is 0 Å². The predicted molar refractivity (Wildman–Crippen MR) is 79.5 cm³/mol. The number of anilines is 1. The van der Waals surface area contributed by atoms with E-state index in [1.165, 1.54) is 0 Å². The van der Waals surface area contributed by atoms with Crippen molar-refractivity contribution in [1.82, 2.24) is 5.32 Å². The van der Waals surface area contributed by atoms with Gasteiger partial charge in [-0.15, -0.1) is 0 Å². The summed E-state index contributed by atoms with van der Waals surface area (Å²) in [5.41, 5.74) is -0.312. The Balaban J connectivity index is 1.93. The third kappa shape index (κ3) is 4.87. The van der Waals surface area contributed by atoms with Gasteiger partial charge in [0.2, 0.25) is 0 Å². The second-order valence-corrected chi connectivity index (χ2v) is 5.48. The van der Waals surface area contributed by atoms with Crippen LogP contribution in [-0.4, -0.2) is 47.1 Å². The maximum atomic E-state index is 13.5. The first-order valence-electron chi connectivity index (χ1n) is 7.39. The Bertz CT molecular complexity index is 614. The summed E-state index contributed by atoms with van der Waals surface area (Å²) in [5.74, 6) is -2.49. The second kappa shape index (κ2) is 8.02. The minimum atomic E-state index is -1.01. The zero-order valence-corrected chi connectivity index (χ0v) is 12.7. The first-order valence-corrected chi connectivity index (χ1v) is 7.39. The molecule has 7 nitrogen and oxygen atoms in total. The average Bonchev–Trinajstić information content (AvgIpc) is 2.51. The smallest absolute Gasteiger partial charge is 0.319 e. The normalized spacial score (nSPS) is 23.5. The van der Waals surface area contributed by atoms with Crippen molar-refractivity contribution in [3.05, 3.63) is 29.8 Å². The Kier molecular flexibility index (Phi) is 6.04. The van der Waals surface area contributed by atoms with Crippen LogP contribution in [-0.2, 0) is 9.53 Å². The van der Waals surface area contributed by atoms with Crippen molar-refractivity contribution in [1.29, 1.82) is 0 Å². The lowest BCUT2D eigenvalue weighted by atomic mass is 9.97. The number of benzene rings is 1. The summed E-state index contributed by atoms with van der Waals surface area (Å²) < 4.78 is 32.0. The monoisotopic (exact) mass is 344 g/mol. The Hall–Kier alpha value is -2.26. The standard InChI is InChI=1S/C15H18F2N2O5/c16-8-1-3-10(17)12(5-8)19-15(23)18-11-4-2-9(6-14(21)22)24-13(11)7-20/h1,3,5,9,11,13,20H,2,4,6-7H2,(H,21,22)(H2,18,19,23)/t9-,11-,13-/m1/s1. The fraction of sp³-hybridized carbons (Fsp3) is 0.467. The topological polar surface area (TPSA) is 108 Å². The van der Waals surface area contributed by atoms with Gasteiger partial charge in [-0.3, -0.25) is 4.79 Å². The number of urea groups is 1. The molecule has 2 amide bonds. The summed E-state index contributed by atoms with van der Waals surface area (Å²) in [6, 6.07) is 1.32. The molecule has 1 fully saturated rings. The summed E-state index contributed by atoms with van der Waals surface area (Å²) in [4.78, 5) is 22.6. The number of amides is 2. The number of hydrogen-bond acceptors (Lipinski definition) is 4. The Labute approximate surface area is 136 Å². The molecule has 1 aromatic rings. The van der Waals surface area contributed by atoms with E-state index in [9.17, 15) is 23.5 Å². The van der Waals surface area contributed by atoms with Crippen molar-refractivity contribution in [3.63, 3.8) is 0 Å². The Morgan fingerprint density at radius 2 is 2.04 bits per heavy atom. The zero-order valence-electron chi connectivity index (χ0n) is 12.7. The number of carbonyl (C=O) groups excluding carboxylic acids is 1. The highest BCUT2D eigenvalue weighted by atomic mass is 19.1. The van der Waals surface area contributed by atoms with Crippen molar-refractivity contribution < 1.29 is 33.3 Å². The van der Waals surface area contributed by atoms with Gasteiger partial charge in [-0.05, 0) is 25.0 Å². The first kappa shape index (κ1) is 18.1. The van der Waals surface area contributed by atoms with Gasteiger partial charge in [0.1, 0.15) is 17.7 Å². The lowest BCUT2D eigenvalue weighted by Gasteiger charge is -2.35. The number of ether oxygens (including phenoxy) is 1. The van der Waals surface area contributed by atoms with Gasteiger partial charge in [0, 0.05) is 6.07 Å². The van der Waals surface area contributed by atoms with E-state index in [4.69, 9.17) is 9.84 Å². The minimum absolute atomic E-state index is 0.191. The van der Waals surface area contributed by atoms with E-state index >= 15 is 0 Å². The second-order valence-electron chi connectivity index (χ2n) is 5.48. The lowest BCUT2D eigenvalue weighted by Crippen LogP contribution is -2.52. The molecule has 0 bridgehead atoms. The van der Waals surface area contributed by atoms with Crippen LogP contribution in [0, 0.1) is 11.6 Å². The molecule has 24 heavy (non-hydrogen) atoms. The molecule has 0 aromatic heterocycles. The van der Waals surface area contributed by atoms with Crippen LogP contribution in [0.25, 0.3) is 0 Å². The summed E-state index contributed by atoms with van der Waals surface area (Å²) >= 11 is 0. The van der Waals surface area contributed by atoms with Crippen molar-refractivity contribution in [2.24, 2.45) is 0 Å². The molecule has 132 valence electrons. The molecule has 1 aliphatic heterocycles. The summed E-state index contributed by atoms with van der Waals surface area (Å²) in [7, 11) is 0. The number of nitrogens with one attached hydrogen (secondary N) is 2. The largest absolute Gasteiger partial charge is 0.481 e. The lowest BCUT2D eigenvalue weighted by molar-refractivity contribution is -0.145. The fourth-order valence-corrected chi connectivity index (χ4v) is 2.56. The highest BCUT2D eigenvalue weighted by Gasteiger charge is 2.32. The maximum Gasteiger partial charge on any atom is 0.319 e. The molecule has 1 saturated heterocycles. The van der Waals surface area contributed by atoms with E-state index in [2.05, 4.69) is 10.6 Å². The number of carbonyl (C=O) groups is 2. The minimum Gasteiger partial charge on any atom is -0.481 e. The van der Waals surface area contributed by atoms with Crippen LogP contribution < -0.4 is 10.6 Å². The van der Waals surface area contributed by atoms with Gasteiger partial charge < -0.3 is 25.6 Å². The van der Waals surface area contributed by atoms with E-state index in [0.717, 1.165) is 18.2 Å². The molecule has 0 aliphatic carbocycles. The quantitative estimate of drug-likeness (QED) is 0.647. The number of rotatable bonds is 5. The third-order valence-corrected chi connectivity index (χ3v) is 3.69. The molecule has 4 N–H and O–H groups in total. The van der Waals surface area contributed by atoms with Crippen LogP contribution in [0.3, 0.4) is 0 Å². The molecule has 0 unspecified atom stereocenters. The molecular formula is C15H18F2N2O5. The SMILES string of the molecule is O=C(O)C[C@H]1CC[C@@H](NC(=O)Nc2cc(F)ccc2F)[C@@H](CO)O1. The van der Waals surface area contributed by atoms with Crippen LogP contribution in [0.1, 0.15) is 19.3 Å². The number of carboxylic acids is 1. The van der Waals surface area contributed by atoms with Gasteiger partial charge in [0.15, 0.2) is 0 Å². The average molecular weight is 344 g/mol. The third-order valence-electron chi connectivity index (χ3n) is 3.69. The van der Waals surface area contributed by atoms with E-state index in [-0.39, 0.29) is 12.1 Å². The molecule has 1 heterocycles. The van der Waals surface area contributed by atoms with Crippen molar-refractivity contribution >= 4 is 17.7 Å². The van der Waals surface area contributed by atoms with Crippen LogP contribution in [0.5, 0.6) is 0 Å². The van der Waals surface area contributed by atoms with E-state index < -0.39 is 48.5 Å². The molecule has 2 rings (SSSR count). The summed E-state index contributed by atoms with van der Waals surface area (Å²) in [5, 5.41) is 22.8. The van der Waals surface area contributed by atoms with Crippen molar-refractivity contribution in [3.8, 4) is 0 Å². The first-order chi connectivity index (χ1) is 11.4. The van der Waals surface area contributed by atoms with Crippen LogP contribution in [0.15, 0.2) is 18.2 Å². The van der Waals surface area contributed by atoms with Crippen molar-refractivity contribution in [2.45, 2.75) is 37.5 Å². The van der Waals surface area contributed by atoms with Crippen LogP contribution in [0.4, 0.5) is 19.3 Å². The Morgan fingerprint density at radius 3 is 2.71 bits per heavy atom. The number of aliphatic hydroxyl groups is 1. The number of halogens is 2. The highest BCUT2D eigenvalue weighted by molar-refractivity contribution is 5.89. The zero-order chi connectivity index (χ0) is 17.7. The number of aliphatic carboxylic acids is 1. The van der Waals surface area contributed by atoms with Gasteiger partial charge in [-0.25, -0.2) is 13.6 Å². The molecule has 0 saturated carbocycles. The van der Waals surface area contributed by atoms with Gasteiger partial charge in [-0.2, -0.15) is 0 Å². The number of hydrogen-bond donors (Lipinski definition) is 4. The number of carboxylic acid groups (broad SMARTS) is 1.